The Morgan fingerprint density at radius 3 is 2.52 bits per heavy atom. The van der Waals surface area contributed by atoms with Gasteiger partial charge in [0.15, 0.2) is 5.65 Å². The quantitative estimate of drug-likeness (QED) is 0.355. The molecule has 1 saturated heterocycles. The molecule has 4 aromatic rings. The van der Waals surface area contributed by atoms with Crippen molar-refractivity contribution >= 4 is 23.1 Å². The van der Waals surface area contributed by atoms with Gasteiger partial charge in [0, 0.05) is 35.9 Å². The van der Waals surface area contributed by atoms with E-state index in [1.54, 1.807) is 35.8 Å². The molecule has 1 fully saturated rings. The number of imidazole rings is 1. The lowest BCUT2D eigenvalue weighted by atomic mass is 10.0. The molecule has 0 unspecified atom stereocenters. The van der Waals surface area contributed by atoms with E-state index in [4.69, 9.17) is 5.10 Å². The fourth-order valence-corrected chi connectivity index (χ4v) is 4.85. The number of fused-ring (bicyclic) bond motifs is 1. The van der Waals surface area contributed by atoms with Crippen molar-refractivity contribution in [3.05, 3.63) is 88.7 Å². The molecule has 1 aliphatic heterocycles. The average Bonchev–Trinajstić information content (AvgIpc) is 3.34. The van der Waals surface area contributed by atoms with Gasteiger partial charge in [0.05, 0.1) is 11.8 Å². The van der Waals surface area contributed by atoms with Crippen LogP contribution in [0, 0.1) is 18.8 Å². The zero-order valence-corrected chi connectivity index (χ0v) is 22.5. The monoisotopic (exact) mass is 546 g/mol. The predicted molar refractivity (Wildman–Crippen MR) is 148 cm³/mol. The van der Waals surface area contributed by atoms with Crippen LogP contribution in [0.1, 0.15) is 45.6 Å². The van der Waals surface area contributed by atoms with Gasteiger partial charge < -0.3 is 15.1 Å². The first-order valence-corrected chi connectivity index (χ1v) is 13.0. The standard InChI is InChI=1S/C30H29F3N6O/c1-20-21(6-4-9-26(20)29(40)35-23-8-5-7-22(18-23)30(31,32)33)10-11-25-19-34-27-12-13-28(36-39(25)27)38-16-14-24(15-17-38)37(2)3/h4-9,12-13,18-19,24H,14-17H2,1-3H3,(H,35,40). The molecule has 1 N–H and O–H groups in total. The number of nitrogens with one attached hydrogen (secondary N) is 1. The van der Waals surface area contributed by atoms with Gasteiger partial charge in [0.1, 0.15) is 11.5 Å². The first kappa shape index (κ1) is 27.2. The van der Waals surface area contributed by atoms with E-state index < -0.39 is 17.6 Å². The van der Waals surface area contributed by atoms with Crippen molar-refractivity contribution in [2.75, 3.05) is 37.4 Å². The lowest BCUT2D eigenvalue weighted by Gasteiger charge is -2.35. The maximum absolute atomic E-state index is 13.1. The summed E-state index contributed by atoms with van der Waals surface area (Å²) in [6.07, 6.45) is -0.694. The Labute approximate surface area is 230 Å². The minimum atomic E-state index is -4.50. The molecule has 206 valence electrons. The zero-order chi connectivity index (χ0) is 28.4. The number of anilines is 2. The summed E-state index contributed by atoms with van der Waals surface area (Å²) in [5.41, 5.74) is 2.09. The molecule has 1 aliphatic rings. The predicted octanol–water partition coefficient (Wildman–Crippen LogP) is 5.24. The maximum atomic E-state index is 13.1. The van der Waals surface area contributed by atoms with Crippen molar-refractivity contribution < 1.29 is 18.0 Å². The van der Waals surface area contributed by atoms with Crippen molar-refractivity contribution in [1.29, 1.82) is 0 Å². The summed E-state index contributed by atoms with van der Waals surface area (Å²) in [5.74, 6) is 6.59. The first-order valence-electron chi connectivity index (χ1n) is 13.0. The number of hydrogen-bond donors (Lipinski definition) is 1. The Kier molecular flexibility index (Phi) is 7.50. The van der Waals surface area contributed by atoms with E-state index in [0.29, 0.717) is 34.1 Å². The van der Waals surface area contributed by atoms with Gasteiger partial charge in [0.25, 0.3) is 5.91 Å². The van der Waals surface area contributed by atoms with E-state index >= 15 is 0 Å². The molecule has 0 bridgehead atoms. The molecule has 0 atom stereocenters. The van der Waals surface area contributed by atoms with Crippen LogP contribution in [0.4, 0.5) is 24.7 Å². The fraction of sp³-hybridized carbons (Fsp3) is 0.300. The first-order chi connectivity index (χ1) is 19.1. The van der Waals surface area contributed by atoms with Crippen LogP contribution in [-0.2, 0) is 6.18 Å². The van der Waals surface area contributed by atoms with Crippen LogP contribution in [-0.4, -0.2) is 58.6 Å². The molecule has 5 rings (SSSR count). The van der Waals surface area contributed by atoms with Gasteiger partial charge in [-0.25, -0.2) is 9.50 Å². The third kappa shape index (κ3) is 5.80. The van der Waals surface area contributed by atoms with Gasteiger partial charge in [-0.1, -0.05) is 18.1 Å². The largest absolute Gasteiger partial charge is 0.416 e. The van der Waals surface area contributed by atoms with Crippen molar-refractivity contribution in [1.82, 2.24) is 19.5 Å². The molecule has 40 heavy (non-hydrogen) atoms. The smallest absolute Gasteiger partial charge is 0.355 e. The minimum absolute atomic E-state index is 0.0641. The molecule has 7 nitrogen and oxygen atoms in total. The topological polar surface area (TPSA) is 65.8 Å². The molecule has 2 aromatic heterocycles. The number of amides is 1. The van der Waals surface area contributed by atoms with E-state index in [0.717, 1.165) is 43.9 Å². The maximum Gasteiger partial charge on any atom is 0.416 e. The second-order valence-electron chi connectivity index (χ2n) is 10.0. The van der Waals surface area contributed by atoms with E-state index in [-0.39, 0.29) is 5.69 Å². The van der Waals surface area contributed by atoms with Crippen LogP contribution in [0.25, 0.3) is 5.65 Å². The molecule has 0 saturated carbocycles. The SMILES string of the molecule is Cc1c(C#Cc2cnc3ccc(N4CCC(N(C)C)CC4)nn23)cccc1C(=O)Nc1cccc(C(F)(F)F)c1. The molecule has 2 aromatic carbocycles. The van der Waals surface area contributed by atoms with Crippen molar-refractivity contribution in [3.8, 4) is 11.8 Å². The summed E-state index contributed by atoms with van der Waals surface area (Å²) in [6.45, 7) is 3.60. The molecule has 1 amide bonds. The summed E-state index contributed by atoms with van der Waals surface area (Å²) >= 11 is 0. The Bertz CT molecular complexity index is 1610. The number of halogens is 3. The van der Waals surface area contributed by atoms with Gasteiger partial charge in [-0.3, -0.25) is 4.79 Å². The van der Waals surface area contributed by atoms with Crippen LogP contribution >= 0.6 is 0 Å². The summed E-state index contributed by atoms with van der Waals surface area (Å²) in [6, 6.07) is 14.1. The number of benzene rings is 2. The van der Waals surface area contributed by atoms with Gasteiger partial charge in [-0.2, -0.15) is 13.2 Å². The Balaban J connectivity index is 1.36. The molecule has 3 heterocycles. The summed E-state index contributed by atoms with van der Waals surface area (Å²) in [4.78, 5) is 21.9. The minimum Gasteiger partial charge on any atom is -0.355 e. The molecule has 0 spiro atoms. The molecule has 0 aliphatic carbocycles. The Hall–Kier alpha value is -4.36. The van der Waals surface area contributed by atoms with E-state index in [1.807, 2.05) is 12.1 Å². The van der Waals surface area contributed by atoms with Crippen LogP contribution in [0.15, 0.2) is 60.8 Å². The molecule has 10 heteroatoms. The van der Waals surface area contributed by atoms with Crippen LogP contribution in [0.3, 0.4) is 0 Å². The summed E-state index contributed by atoms with van der Waals surface area (Å²) in [7, 11) is 4.22. The van der Waals surface area contributed by atoms with E-state index in [2.05, 4.69) is 46.0 Å². The number of nitrogens with zero attached hydrogens (tertiary/aromatic N) is 5. The highest BCUT2D eigenvalue weighted by Gasteiger charge is 2.30. The van der Waals surface area contributed by atoms with Gasteiger partial charge in [-0.15, -0.1) is 5.10 Å². The number of rotatable bonds is 4. The number of carbonyl (C=O) groups is 1. The number of hydrogen-bond acceptors (Lipinski definition) is 5. The van der Waals surface area contributed by atoms with Crippen LogP contribution in [0.2, 0.25) is 0 Å². The van der Waals surface area contributed by atoms with Gasteiger partial charge in [-0.05, 0) is 87.8 Å². The van der Waals surface area contributed by atoms with Crippen LogP contribution in [0.5, 0.6) is 0 Å². The number of alkyl halides is 3. The van der Waals surface area contributed by atoms with Crippen molar-refractivity contribution in [3.63, 3.8) is 0 Å². The lowest BCUT2D eigenvalue weighted by Crippen LogP contribution is -2.42. The Morgan fingerprint density at radius 1 is 1.05 bits per heavy atom. The molecular weight excluding hydrogens is 517 g/mol. The average molecular weight is 547 g/mol. The van der Waals surface area contributed by atoms with Crippen molar-refractivity contribution in [2.24, 2.45) is 0 Å². The third-order valence-electron chi connectivity index (χ3n) is 7.22. The molecular formula is C30H29F3N6O. The van der Waals surface area contributed by atoms with Gasteiger partial charge in [0.2, 0.25) is 0 Å². The van der Waals surface area contributed by atoms with Gasteiger partial charge >= 0.3 is 6.18 Å². The lowest BCUT2D eigenvalue weighted by molar-refractivity contribution is -0.137. The highest BCUT2D eigenvalue weighted by atomic mass is 19.4. The van der Waals surface area contributed by atoms with E-state index in [1.165, 1.54) is 12.1 Å². The second-order valence-corrected chi connectivity index (χ2v) is 10.0. The number of aromatic nitrogens is 3. The second kappa shape index (κ2) is 11.0. The molecule has 0 radical (unpaired) electrons. The highest BCUT2D eigenvalue weighted by molar-refractivity contribution is 6.05. The number of carbonyl (C=O) groups excluding carboxylic acids is 1. The van der Waals surface area contributed by atoms with Crippen LogP contribution < -0.4 is 10.2 Å². The fourth-order valence-electron chi connectivity index (χ4n) is 4.85. The Morgan fingerprint density at radius 2 is 1.80 bits per heavy atom. The zero-order valence-electron chi connectivity index (χ0n) is 22.5. The summed E-state index contributed by atoms with van der Waals surface area (Å²) in [5, 5.41) is 7.36. The van der Waals surface area contributed by atoms with E-state index in [9.17, 15) is 18.0 Å². The highest BCUT2D eigenvalue weighted by Crippen LogP contribution is 2.31. The number of piperidine rings is 1. The normalized spacial score (nSPS) is 14.3. The third-order valence-corrected chi connectivity index (χ3v) is 7.22. The van der Waals surface area contributed by atoms with Crippen molar-refractivity contribution in [2.45, 2.75) is 32.0 Å². The summed E-state index contributed by atoms with van der Waals surface area (Å²) < 4.78 is 40.9.